The van der Waals surface area contributed by atoms with Gasteiger partial charge in [0.15, 0.2) is 0 Å². The lowest BCUT2D eigenvalue weighted by Gasteiger charge is -2.27. The molecule has 52 heavy (non-hydrogen) atoms. The standard InChI is InChI=1S/C50H34N2/c1-3-12-35(13-4-1)37-24-28-43(29-25-37)51(44-19-11-16-40(33-44)41-23-22-36-14-7-8-15-39(36)32-41)45-30-26-38-27-31-47-46-20-9-10-21-49(46)52(50(47)48(38)34-45)42-17-5-2-6-18-42/h1-34H. The fourth-order valence-corrected chi connectivity index (χ4v) is 7.83. The van der Waals surface area contributed by atoms with Crippen LogP contribution in [-0.4, -0.2) is 4.57 Å². The molecule has 0 fully saturated rings. The molecule has 10 rings (SSSR count). The molecule has 0 spiro atoms. The van der Waals surface area contributed by atoms with Crippen LogP contribution in [0.3, 0.4) is 0 Å². The molecular formula is C50H34N2. The van der Waals surface area contributed by atoms with E-state index >= 15 is 0 Å². The molecule has 0 bridgehead atoms. The Kier molecular flexibility index (Phi) is 7.18. The molecule has 0 aliphatic carbocycles. The topological polar surface area (TPSA) is 8.17 Å². The highest BCUT2D eigenvalue weighted by Crippen LogP contribution is 2.42. The zero-order valence-corrected chi connectivity index (χ0v) is 28.5. The smallest absolute Gasteiger partial charge is 0.0620 e. The summed E-state index contributed by atoms with van der Waals surface area (Å²) in [5.41, 5.74) is 11.7. The number of fused-ring (bicyclic) bond motifs is 6. The number of anilines is 3. The fraction of sp³-hybridized carbons (Fsp3) is 0. The molecule has 0 saturated heterocycles. The molecule has 244 valence electrons. The predicted molar refractivity (Wildman–Crippen MR) is 221 cm³/mol. The summed E-state index contributed by atoms with van der Waals surface area (Å²) in [6.07, 6.45) is 0. The van der Waals surface area contributed by atoms with Crippen molar-refractivity contribution in [1.82, 2.24) is 4.57 Å². The molecule has 10 aromatic rings. The molecule has 0 N–H and O–H groups in total. The first-order valence-corrected chi connectivity index (χ1v) is 17.8. The summed E-state index contributed by atoms with van der Waals surface area (Å²) in [5.74, 6) is 0. The zero-order chi connectivity index (χ0) is 34.4. The number of nitrogens with zero attached hydrogens (tertiary/aromatic N) is 2. The molecule has 1 aromatic heterocycles. The summed E-state index contributed by atoms with van der Waals surface area (Å²) in [6.45, 7) is 0. The van der Waals surface area contributed by atoms with Gasteiger partial charge in [0, 0.05) is 38.9 Å². The SMILES string of the molecule is c1ccc(-c2ccc(N(c3cccc(-c4ccc5ccccc5c4)c3)c3ccc4ccc5c6ccccc6n(-c6ccccc6)c5c4c3)cc2)cc1. The summed E-state index contributed by atoms with van der Waals surface area (Å²) in [5, 5.41) is 7.42. The van der Waals surface area contributed by atoms with Crippen molar-refractivity contribution in [2.24, 2.45) is 0 Å². The van der Waals surface area contributed by atoms with E-state index < -0.39 is 0 Å². The van der Waals surface area contributed by atoms with Gasteiger partial charge in [0.25, 0.3) is 0 Å². The van der Waals surface area contributed by atoms with E-state index in [-0.39, 0.29) is 0 Å². The van der Waals surface area contributed by atoms with E-state index in [9.17, 15) is 0 Å². The summed E-state index contributed by atoms with van der Waals surface area (Å²) < 4.78 is 2.43. The Labute approximate surface area is 303 Å². The molecule has 0 radical (unpaired) electrons. The van der Waals surface area contributed by atoms with Crippen molar-refractivity contribution < 1.29 is 0 Å². The first-order valence-electron chi connectivity index (χ1n) is 17.8. The minimum Gasteiger partial charge on any atom is -0.310 e. The fourth-order valence-electron chi connectivity index (χ4n) is 7.83. The second-order valence-electron chi connectivity index (χ2n) is 13.4. The lowest BCUT2D eigenvalue weighted by molar-refractivity contribution is 1.19. The number of hydrogen-bond acceptors (Lipinski definition) is 1. The van der Waals surface area contributed by atoms with Gasteiger partial charge in [-0.15, -0.1) is 0 Å². The molecule has 0 saturated carbocycles. The maximum absolute atomic E-state index is 2.43. The lowest BCUT2D eigenvalue weighted by Crippen LogP contribution is -2.10. The van der Waals surface area contributed by atoms with Gasteiger partial charge >= 0.3 is 0 Å². The third kappa shape index (κ3) is 5.12. The number of hydrogen-bond donors (Lipinski definition) is 0. The average Bonchev–Trinajstić information content (AvgIpc) is 3.57. The molecule has 0 aliphatic heterocycles. The molecule has 1 heterocycles. The Bertz CT molecular complexity index is 2890. The van der Waals surface area contributed by atoms with E-state index in [1.165, 1.54) is 65.6 Å². The second-order valence-corrected chi connectivity index (χ2v) is 13.4. The minimum absolute atomic E-state index is 1.10. The predicted octanol–water partition coefficient (Wildman–Crippen LogP) is 13.9. The van der Waals surface area contributed by atoms with Crippen molar-refractivity contribution >= 4 is 60.4 Å². The van der Waals surface area contributed by atoms with Crippen molar-refractivity contribution in [2.45, 2.75) is 0 Å². The van der Waals surface area contributed by atoms with Crippen LogP contribution < -0.4 is 4.90 Å². The van der Waals surface area contributed by atoms with Crippen molar-refractivity contribution in [2.75, 3.05) is 4.90 Å². The summed E-state index contributed by atoms with van der Waals surface area (Å²) >= 11 is 0. The highest BCUT2D eigenvalue weighted by atomic mass is 15.1. The van der Waals surface area contributed by atoms with Gasteiger partial charge in [0.1, 0.15) is 0 Å². The number of aromatic nitrogens is 1. The minimum atomic E-state index is 1.10. The molecule has 0 aliphatic rings. The Morgan fingerprint density at radius 2 is 0.904 bits per heavy atom. The van der Waals surface area contributed by atoms with Crippen molar-refractivity contribution in [3.05, 3.63) is 206 Å². The van der Waals surface area contributed by atoms with Crippen LogP contribution in [0.25, 0.3) is 71.3 Å². The average molecular weight is 663 g/mol. The molecule has 2 heteroatoms. The van der Waals surface area contributed by atoms with Gasteiger partial charge in [-0.1, -0.05) is 146 Å². The largest absolute Gasteiger partial charge is 0.310 e. The Balaban J connectivity index is 1.19. The molecule has 0 unspecified atom stereocenters. The Morgan fingerprint density at radius 1 is 0.308 bits per heavy atom. The first kappa shape index (κ1) is 30.0. The van der Waals surface area contributed by atoms with Gasteiger partial charge in [0.05, 0.1) is 11.0 Å². The van der Waals surface area contributed by atoms with Gasteiger partial charge in [-0.05, 0) is 99.1 Å². The normalized spacial score (nSPS) is 11.5. The van der Waals surface area contributed by atoms with Crippen LogP contribution in [0.5, 0.6) is 0 Å². The lowest BCUT2D eigenvalue weighted by atomic mass is 10.00. The van der Waals surface area contributed by atoms with E-state index in [0.29, 0.717) is 0 Å². The third-order valence-electron chi connectivity index (χ3n) is 10.3. The van der Waals surface area contributed by atoms with Gasteiger partial charge in [0.2, 0.25) is 0 Å². The third-order valence-corrected chi connectivity index (χ3v) is 10.3. The van der Waals surface area contributed by atoms with Crippen LogP contribution >= 0.6 is 0 Å². The van der Waals surface area contributed by atoms with E-state index in [0.717, 1.165) is 22.7 Å². The zero-order valence-electron chi connectivity index (χ0n) is 28.5. The van der Waals surface area contributed by atoms with E-state index in [1.807, 2.05) is 0 Å². The Morgan fingerprint density at radius 3 is 1.75 bits per heavy atom. The van der Waals surface area contributed by atoms with E-state index in [4.69, 9.17) is 0 Å². The van der Waals surface area contributed by atoms with Crippen molar-refractivity contribution in [3.63, 3.8) is 0 Å². The first-order chi connectivity index (χ1) is 25.8. The summed E-state index contributed by atoms with van der Waals surface area (Å²) in [7, 11) is 0. The quantitative estimate of drug-likeness (QED) is 0.172. The molecular weight excluding hydrogens is 629 g/mol. The molecule has 2 nitrogen and oxygen atoms in total. The highest BCUT2D eigenvalue weighted by Gasteiger charge is 2.18. The second kappa shape index (κ2) is 12.5. The van der Waals surface area contributed by atoms with Crippen LogP contribution in [0.1, 0.15) is 0 Å². The van der Waals surface area contributed by atoms with Crippen LogP contribution in [0.4, 0.5) is 17.1 Å². The maximum Gasteiger partial charge on any atom is 0.0620 e. The van der Waals surface area contributed by atoms with Gasteiger partial charge in [-0.3, -0.25) is 0 Å². The number of para-hydroxylation sites is 2. The van der Waals surface area contributed by atoms with Gasteiger partial charge < -0.3 is 9.47 Å². The molecule has 9 aromatic carbocycles. The van der Waals surface area contributed by atoms with Crippen LogP contribution in [0.15, 0.2) is 206 Å². The van der Waals surface area contributed by atoms with E-state index in [2.05, 4.69) is 216 Å². The van der Waals surface area contributed by atoms with Crippen molar-refractivity contribution in [3.8, 4) is 27.9 Å². The monoisotopic (exact) mass is 662 g/mol. The van der Waals surface area contributed by atoms with E-state index in [1.54, 1.807) is 0 Å². The number of rotatable bonds is 6. The summed E-state index contributed by atoms with van der Waals surface area (Å²) in [4.78, 5) is 2.40. The maximum atomic E-state index is 2.43. The molecule has 0 amide bonds. The number of benzene rings is 9. The molecule has 0 atom stereocenters. The van der Waals surface area contributed by atoms with Gasteiger partial charge in [-0.2, -0.15) is 0 Å². The van der Waals surface area contributed by atoms with Gasteiger partial charge in [-0.25, -0.2) is 0 Å². The van der Waals surface area contributed by atoms with Crippen molar-refractivity contribution in [1.29, 1.82) is 0 Å². The Hall–Kier alpha value is -6.90. The summed E-state index contributed by atoms with van der Waals surface area (Å²) in [6, 6.07) is 74.7. The highest BCUT2D eigenvalue weighted by molar-refractivity contribution is 6.19. The van der Waals surface area contributed by atoms with Crippen LogP contribution in [-0.2, 0) is 0 Å². The van der Waals surface area contributed by atoms with Crippen LogP contribution in [0, 0.1) is 0 Å². The van der Waals surface area contributed by atoms with Crippen LogP contribution in [0.2, 0.25) is 0 Å².